The van der Waals surface area contributed by atoms with Crippen molar-refractivity contribution in [1.82, 2.24) is 29.9 Å². The Hall–Kier alpha value is -11.8. The summed E-state index contributed by atoms with van der Waals surface area (Å²) in [5, 5.41) is 42.1. The van der Waals surface area contributed by atoms with E-state index in [0.717, 1.165) is 34.1 Å². The summed E-state index contributed by atoms with van der Waals surface area (Å²) in [6, 6.07) is 76.3. The van der Waals surface area contributed by atoms with Crippen molar-refractivity contribution in [2.75, 3.05) is 9.80 Å². The van der Waals surface area contributed by atoms with Gasteiger partial charge in [-0.1, -0.05) is 147 Å². The molecule has 0 saturated heterocycles. The fourth-order valence-electron chi connectivity index (χ4n) is 9.16. The van der Waals surface area contributed by atoms with Crippen molar-refractivity contribution in [2.24, 2.45) is 4.66 Å². The van der Waals surface area contributed by atoms with Crippen LogP contribution in [0.1, 0.15) is 22.8 Å². The molecule has 79 heavy (non-hydrogen) atoms. The molecule has 12 aromatic rings. The highest BCUT2D eigenvalue weighted by Crippen LogP contribution is 2.42. The van der Waals surface area contributed by atoms with Crippen LogP contribution in [-0.2, 0) is 0 Å². The van der Waals surface area contributed by atoms with Gasteiger partial charge >= 0.3 is 0 Å². The Labute approximate surface area is 455 Å². The Morgan fingerprint density at radius 2 is 0.658 bits per heavy atom. The predicted molar refractivity (Wildman–Crippen MR) is 310 cm³/mol. The Bertz CT molecular complexity index is 4080. The molecule has 0 atom stereocenters. The van der Waals surface area contributed by atoms with Crippen LogP contribution in [0.15, 0.2) is 199 Å². The minimum atomic E-state index is -0.301. The minimum absolute atomic E-state index is 0.00714. The van der Waals surface area contributed by atoms with Crippen molar-refractivity contribution in [3.8, 4) is 35.4 Å². The van der Waals surface area contributed by atoms with Crippen molar-refractivity contribution in [3.63, 3.8) is 0 Å². The summed E-state index contributed by atoms with van der Waals surface area (Å²) in [6.45, 7) is 14.5. The molecule has 0 saturated carbocycles. The molecule has 0 bridgehead atoms. The minimum Gasteiger partial charge on any atom is -0.370 e. The van der Waals surface area contributed by atoms with E-state index in [1.165, 1.54) is 32.7 Å². The molecule has 0 unspecified atom stereocenters. The molecular weight excluding hydrogens is 997 g/mol. The fraction of sp³-hybridized carbons (Fsp3) is 0. The maximum Gasteiger partial charge on any atom is 0.294 e. The number of para-hydroxylation sites is 2. The van der Waals surface area contributed by atoms with Crippen LogP contribution >= 0.6 is 9.03 Å². The Balaban J connectivity index is 0.000000184. The van der Waals surface area contributed by atoms with Crippen molar-refractivity contribution < 1.29 is 0 Å². The number of fused-ring (bicyclic) bond motifs is 8. The fourth-order valence-corrected chi connectivity index (χ4v) is 9.16. The summed E-state index contributed by atoms with van der Waals surface area (Å²) >= 11 is 0. The number of hydrogen-bond acceptors (Lipinski definition) is 13. The van der Waals surface area contributed by atoms with Gasteiger partial charge in [0.05, 0.1) is 11.4 Å². The summed E-state index contributed by atoms with van der Waals surface area (Å²) in [4.78, 5) is 35.8. The lowest BCUT2D eigenvalue weighted by atomic mass is 10.0. The van der Waals surface area contributed by atoms with Crippen LogP contribution in [0.5, 0.6) is 0 Å². The Morgan fingerprint density at radius 3 is 0.975 bits per heavy atom. The van der Waals surface area contributed by atoms with Crippen LogP contribution in [0.3, 0.4) is 0 Å². The van der Waals surface area contributed by atoms with Gasteiger partial charge in [0.25, 0.3) is 19.6 Å². The second-order valence-corrected chi connectivity index (χ2v) is 17.3. The third-order valence-electron chi connectivity index (χ3n) is 12.6. The molecule has 9 aromatic carbocycles. The Morgan fingerprint density at radius 1 is 0.380 bits per heavy atom. The smallest absolute Gasteiger partial charge is 0.294 e. The lowest BCUT2D eigenvalue weighted by molar-refractivity contribution is 1.17. The molecule has 3 heterocycles. The van der Waals surface area contributed by atoms with Gasteiger partial charge in [-0.15, -0.1) is 9.97 Å². The topological polar surface area (TPSA) is 200 Å². The number of hydrogen-bond donors (Lipinski definition) is 0. The van der Waals surface area contributed by atoms with E-state index in [1.807, 2.05) is 0 Å². The van der Waals surface area contributed by atoms with E-state index in [1.54, 1.807) is 24.3 Å². The summed E-state index contributed by atoms with van der Waals surface area (Å²) in [5.41, 5.74) is 7.99. The average molecular weight is 1030 g/mol. The first-order chi connectivity index (χ1) is 38.8. The number of anilines is 6. The Kier molecular flexibility index (Phi) is 14.6. The van der Waals surface area contributed by atoms with Crippen molar-refractivity contribution in [2.45, 2.75) is 0 Å². The molecule has 364 valence electrons. The van der Waals surface area contributed by atoms with E-state index in [0.29, 0.717) is 0 Å². The normalized spacial score (nSPS) is 10.3. The van der Waals surface area contributed by atoms with Crippen LogP contribution in [0, 0.1) is 58.5 Å². The maximum atomic E-state index is 9.29. The lowest BCUT2D eigenvalue weighted by Crippen LogP contribution is -2.10. The predicted octanol–water partition coefficient (Wildman–Crippen LogP) is 15.1. The highest BCUT2D eigenvalue weighted by molar-refractivity contribution is 7.05. The van der Waals surface area contributed by atoms with Gasteiger partial charge in [-0.3, -0.25) is 0 Å². The first-order valence-corrected chi connectivity index (χ1v) is 24.3. The third kappa shape index (κ3) is 9.89. The third-order valence-corrected chi connectivity index (χ3v) is 12.6. The highest BCUT2D eigenvalue weighted by atomic mass is 31.0. The lowest BCUT2D eigenvalue weighted by Gasteiger charge is -2.27. The van der Waals surface area contributed by atoms with E-state index in [4.69, 9.17) is 13.1 Å². The van der Waals surface area contributed by atoms with E-state index in [-0.39, 0.29) is 67.5 Å². The average Bonchev–Trinajstić information content (AvgIpc) is 3.70. The molecule has 0 amide bonds. The molecule has 3 aromatic heterocycles. The van der Waals surface area contributed by atoms with Crippen LogP contribution in [0.2, 0.25) is 0 Å². The van der Waals surface area contributed by atoms with Crippen LogP contribution < -0.4 is 9.80 Å². The molecule has 0 N–H and O–H groups in total. The molecule has 0 aliphatic rings. The second-order valence-electron chi connectivity index (χ2n) is 17.0. The standard InChI is InChI=1S/C44H32N2.C18N12.BHNP/c1-3-17-37(18-4-1)45(43-23-11-15-35-13-7-9-21-41(35)43)39-29-25-33(26-30-39)34-27-31-40(32-28-34)46(38-19-5-2-6-20-38)44-24-12-16-36-14-8-10-22-42(36)44;1-23-17-18(24-2)30-16-14-12(26-8(4-20)10(6-22)28-14)11-13(15(16)29-17)27-9(5-21)7(3-19)25-11;1-2-3/h1-32H;;3H. The molecule has 12 rings (SSSR count). The molecule has 0 spiro atoms. The van der Waals surface area contributed by atoms with Gasteiger partial charge < -0.3 is 24.1 Å². The van der Waals surface area contributed by atoms with Gasteiger partial charge in [-0.05, 0) is 91.6 Å². The van der Waals surface area contributed by atoms with Gasteiger partial charge in [-0.25, -0.2) is 19.9 Å². The van der Waals surface area contributed by atoms with E-state index in [9.17, 15) is 21.0 Å². The first kappa shape index (κ1) is 50.7. The number of nitrogens with zero attached hydrogens (tertiary/aromatic N) is 15. The molecule has 2 radical (unpaired) electrons. The summed E-state index contributed by atoms with van der Waals surface area (Å²) in [6.07, 6.45) is 0. The van der Waals surface area contributed by atoms with Crippen molar-refractivity contribution >= 4 is 117 Å². The summed E-state index contributed by atoms with van der Waals surface area (Å²) in [5.74, 6) is -0.602. The van der Waals surface area contributed by atoms with Gasteiger partial charge in [0.2, 0.25) is 11.0 Å². The second kappa shape index (κ2) is 22.8. The zero-order valence-corrected chi connectivity index (χ0v) is 42.3. The number of nitriles is 4. The number of aromatic nitrogens is 6. The molecule has 17 heteroatoms. The van der Waals surface area contributed by atoms with Crippen molar-refractivity contribution in [3.05, 3.63) is 240 Å². The van der Waals surface area contributed by atoms with E-state index >= 15 is 0 Å². The van der Waals surface area contributed by atoms with Crippen LogP contribution in [-0.4, -0.2) is 37.9 Å². The zero-order valence-electron chi connectivity index (χ0n) is 41.3. The quantitative estimate of drug-likeness (QED) is 0.0634. The SMILES string of the molecule is [B]N=P.[C-]#[N+]c1nc2c3nc(C#N)c(C#N)nc3c3nc(C#N)c(C#N)nc3c2nc1[N+]#[C-].c1ccc(N(c2ccc(-c3ccc(N(c4ccccc4)c4cccc5ccccc45)cc3)cc2)c2cccc3ccccc23)cc1. The van der Waals surface area contributed by atoms with Crippen molar-refractivity contribution in [1.29, 1.82) is 21.0 Å². The molecular formula is C62H33BN15P. The maximum absolute atomic E-state index is 9.29. The molecule has 15 nitrogen and oxygen atoms in total. The monoisotopic (exact) mass is 1030 g/mol. The van der Waals surface area contributed by atoms with Gasteiger partial charge in [-0.2, -0.15) is 21.0 Å². The largest absolute Gasteiger partial charge is 0.370 e. The van der Waals surface area contributed by atoms with E-state index < -0.39 is 0 Å². The zero-order chi connectivity index (χ0) is 54.8. The van der Waals surface area contributed by atoms with Gasteiger partial charge in [0, 0.05) is 33.5 Å². The van der Waals surface area contributed by atoms with Crippen LogP contribution in [0.25, 0.3) is 75.5 Å². The first-order valence-electron chi connectivity index (χ1n) is 23.9. The summed E-state index contributed by atoms with van der Waals surface area (Å²) in [7, 11) is 6.97. The van der Waals surface area contributed by atoms with Crippen LogP contribution in [0.4, 0.5) is 45.8 Å². The summed E-state index contributed by atoms with van der Waals surface area (Å²) < 4.78 is 2.81. The highest BCUT2D eigenvalue weighted by Gasteiger charge is 2.27. The number of benzene rings is 9. The van der Waals surface area contributed by atoms with Gasteiger partial charge in [0.15, 0.2) is 22.8 Å². The molecule has 0 aliphatic heterocycles. The molecule has 0 aliphatic carbocycles. The number of rotatable bonds is 7. The van der Waals surface area contributed by atoms with E-state index in [2.05, 4.69) is 265 Å². The molecule has 0 fully saturated rings. The van der Waals surface area contributed by atoms with Gasteiger partial charge in [0.1, 0.15) is 46.3 Å².